The normalized spacial score (nSPS) is 11.4. The molecule has 29 heavy (non-hydrogen) atoms. The number of nitrogens with one attached hydrogen (secondary N) is 1. The summed E-state index contributed by atoms with van der Waals surface area (Å²) in [5.74, 6) is 0.657. The van der Waals surface area contributed by atoms with Crippen molar-refractivity contribution in [1.29, 1.82) is 0 Å². The largest absolute Gasteiger partial charge is 0.451 e. The number of thioether (sulfide) groups is 1. The van der Waals surface area contributed by atoms with Crippen LogP contribution in [0.25, 0.3) is 17.0 Å². The molecule has 2 aromatic heterocycles. The number of carbonyl (C=O) groups is 1. The molecule has 0 aliphatic carbocycles. The van der Waals surface area contributed by atoms with Crippen LogP contribution < -0.4 is 5.32 Å². The lowest BCUT2D eigenvalue weighted by atomic mass is 10.1. The molecule has 0 bridgehead atoms. The molecule has 0 atom stereocenters. The smallest absolute Gasteiger partial charge is 0.293 e. The van der Waals surface area contributed by atoms with Crippen molar-refractivity contribution < 1.29 is 9.21 Å². The van der Waals surface area contributed by atoms with Gasteiger partial charge < -0.3 is 4.42 Å². The summed E-state index contributed by atoms with van der Waals surface area (Å²) in [4.78, 5) is 12.6. The number of halogens is 1. The molecule has 5 nitrogen and oxygen atoms in total. The van der Waals surface area contributed by atoms with Crippen molar-refractivity contribution in [3.8, 4) is 0 Å². The Kier molecular flexibility index (Phi) is 5.99. The predicted molar refractivity (Wildman–Crippen MR) is 120 cm³/mol. The first kappa shape index (κ1) is 19.7. The highest BCUT2D eigenvalue weighted by Crippen LogP contribution is 2.30. The van der Waals surface area contributed by atoms with Crippen LogP contribution in [0.5, 0.6) is 0 Å². The molecule has 0 saturated carbocycles. The summed E-state index contributed by atoms with van der Waals surface area (Å²) in [5, 5.41) is 12.8. The van der Waals surface area contributed by atoms with Crippen LogP contribution in [0.2, 0.25) is 5.02 Å². The van der Waals surface area contributed by atoms with Gasteiger partial charge in [-0.3, -0.25) is 10.1 Å². The Balaban J connectivity index is 1.38. The van der Waals surface area contributed by atoms with Crippen molar-refractivity contribution in [1.82, 2.24) is 10.2 Å². The van der Waals surface area contributed by atoms with Crippen molar-refractivity contribution in [2.75, 3.05) is 11.1 Å². The average Bonchev–Trinajstić information content (AvgIpc) is 3.30. The summed E-state index contributed by atoms with van der Waals surface area (Å²) in [6.07, 6.45) is 4.13. The van der Waals surface area contributed by atoms with Gasteiger partial charge >= 0.3 is 0 Å². The van der Waals surface area contributed by atoms with Crippen LogP contribution in [-0.2, 0) is 0 Å². The molecule has 0 aliphatic rings. The molecule has 2 heterocycles. The number of anilines is 1. The van der Waals surface area contributed by atoms with Crippen molar-refractivity contribution in [2.24, 2.45) is 0 Å². The maximum Gasteiger partial charge on any atom is 0.293 e. The summed E-state index contributed by atoms with van der Waals surface area (Å²) in [6.45, 7) is 1.83. The Hall–Kier alpha value is -2.61. The number of carbonyl (C=O) groups excluding carboxylic acids is 1. The van der Waals surface area contributed by atoms with Gasteiger partial charge in [-0.1, -0.05) is 77.2 Å². The first-order valence-electron chi connectivity index (χ1n) is 8.78. The molecule has 146 valence electrons. The number of nitrogens with zero attached hydrogens (tertiary/aromatic N) is 2. The molecule has 2 aromatic carbocycles. The Morgan fingerprint density at radius 3 is 2.90 bits per heavy atom. The third kappa shape index (κ3) is 4.70. The van der Waals surface area contributed by atoms with E-state index in [2.05, 4.69) is 27.7 Å². The molecule has 0 saturated heterocycles. The number of hydrogen-bond acceptors (Lipinski definition) is 6. The van der Waals surface area contributed by atoms with Crippen molar-refractivity contribution in [3.05, 3.63) is 76.5 Å². The fraction of sp³-hybridized carbons (Fsp3) is 0.0952. The molecule has 0 fully saturated rings. The number of rotatable bonds is 6. The monoisotopic (exact) mass is 441 g/mol. The molecule has 0 aliphatic heterocycles. The number of furan rings is 1. The highest BCUT2D eigenvalue weighted by Gasteiger charge is 2.19. The van der Waals surface area contributed by atoms with Crippen LogP contribution in [0, 0.1) is 6.92 Å². The minimum absolute atomic E-state index is 0.248. The van der Waals surface area contributed by atoms with Gasteiger partial charge in [0.15, 0.2) is 10.1 Å². The molecule has 0 spiro atoms. The highest BCUT2D eigenvalue weighted by molar-refractivity contribution is 8.01. The fourth-order valence-corrected chi connectivity index (χ4v) is 4.50. The molecular formula is C21H16ClN3O2S2. The minimum atomic E-state index is -0.355. The topological polar surface area (TPSA) is 68.0 Å². The van der Waals surface area contributed by atoms with Gasteiger partial charge in [0.1, 0.15) is 5.58 Å². The molecule has 1 N–H and O–H groups in total. The van der Waals surface area contributed by atoms with E-state index in [4.69, 9.17) is 16.0 Å². The molecule has 4 rings (SSSR count). The van der Waals surface area contributed by atoms with Crippen molar-refractivity contribution >= 4 is 62.8 Å². The second-order valence-electron chi connectivity index (χ2n) is 6.15. The van der Waals surface area contributed by atoms with E-state index < -0.39 is 0 Å². The quantitative estimate of drug-likeness (QED) is 0.280. The van der Waals surface area contributed by atoms with Gasteiger partial charge in [-0.25, -0.2) is 0 Å². The molecule has 8 heteroatoms. The van der Waals surface area contributed by atoms with Crippen LogP contribution >= 0.6 is 34.7 Å². The minimum Gasteiger partial charge on any atom is -0.451 e. The van der Waals surface area contributed by atoms with Gasteiger partial charge in [-0.15, -0.1) is 10.2 Å². The number of amides is 1. The average molecular weight is 442 g/mol. The van der Waals surface area contributed by atoms with E-state index in [-0.39, 0.29) is 11.7 Å². The predicted octanol–water partition coefficient (Wildman–Crippen LogP) is 6.30. The van der Waals surface area contributed by atoms with E-state index in [1.807, 2.05) is 37.3 Å². The zero-order valence-corrected chi connectivity index (χ0v) is 17.8. The van der Waals surface area contributed by atoms with Gasteiger partial charge in [0.2, 0.25) is 5.13 Å². The molecular weight excluding hydrogens is 426 g/mol. The van der Waals surface area contributed by atoms with E-state index in [1.165, 1.54) is 11.3 Å². The van der Waals surface area contributed by atoms with Crippen LogP contribution in [0.4, 0.5) is 5.13 Å². The third-order valence-corrected chi connectivity index (χ3v) is 6.30. The summed E-state index contributed by atoms with van der Waals surface area (Å²) in [6, 6.07) is 15.4. The van der Waals surface area contributed by atoms with Gasteiger partial charge in [-0.2, -0.15) is 0 Å². The summed E-state index contributed by atoms with van der Waals surface area (Å²) < 4.78 is 6.47. The van der Waals surface area contributed by atoms with E-state index in [0.717, 1.165) is 26.6 Å². The van der Waals surface area contributed by atoms with Gasteiger partial charge in [0.25, 0.3) is 5.91 Å². The van der Waals surface area contributed by atoms with Gasteiger partial charge in [0, 0.05) is 21.7 Å². The molecule has 1 amide bonds. The lowest BCUT2D eigenvalue weighted by Crippen LogP contribution is -2.11. The maximum absolute atomic E-state index is 12.6. The Bertz CT molecular complexity index is 1190. The van der Waals surface area contributed by atoms with E-state index in [0.29, 0.717) is 15.7 Å². The van der Waals surface area contributed by atoms with E-state index >= 15 is 0 Å². The Morgan fingerprint density at radius 2 is 2.07 bits per heavy atom. The van der Waals surface area contributed by atoms with E-state index in [1.54, 1.807) is 30.0 Å². The zero-order valence-electron chi connectivity index (χ0n) is 15.4. The fourth-order valence-electron chi connectivity index (χ4n) is 2.75. The van der Waals surface area contributed by atoms with Gasteiger partial charge in [0.05, 0.1) is 0 Å². The Morgan fingerprint density at radius 1 is 1.24 bits per heavy atom. The summed E-state index contributed by atoms with van der Waals surface area (Å²) in [5.41, 5.74) is 2.52. The number of fused-ring (bicyclic) bond motifs is 1. The van der Waals surface area contributed by atoms with Gasteiger partial charge in [-0.05, 0) is 30.7 Å². The first-order chi connectivity index (χ1) is 14.1. The SMILES string of the molecule is Cc1c(C(=O)Nc2nnc(SC/C=C/c3ccccc3)s2)oc2ccc(Cl)cc12. The maximum atomic E-state index is 12.6. The van der Waals surface area contributed by atoms with Crippen LogP contribution in [-0.4, -0.2) is 21.9 Å². The summed E-state index contributed by atoms with van der Waals surface area (Å²) >= 11 is 8.92. The molecule has 0 unspecified atom stereocenters. The Labute approximate surface area is 180 Å². The number of hydrogen-bond donors (Lipinski definition) is 1. The third-order valence-electron chi connectivity index (χ3n) is 4.14. The molecule has 0 radical (unpaired) electrons. The summed E-state index contributed by atoms with van der Waals surface area (Å²) in [7, 11) is 0. The number of aromatic nitrogens is 2. The lowest BCUT2D eigenvalue weighted by molar-refractivity contribution is 0.0998. The second-order valence-corrected chi connectivity index (χ2v) is 8.83. The van der Waals surface area contributed by atoms with Crippen molar-refractivity contribution in [3.63, 3.8) is 0 Å². The van der Waals surface area contributed by atoms with Crippen LogP contribution in [0.1, 0.15) is 21.7 Å². The zero-order chi connectivity index (χ0) is 20.2. The van der Waals surface area contributed by atoms with Crippen molar-refractivity contribution in [2.45, 2.75) is 11.3 Å². The van der Waals surface area contributed by atoms with E-state index in [9.17, 15) is 4.79 Å². The van der Waals surface area contributed by atoms with Crippen LogP contribution in [0.15, 0.2) is 63.4 Å². The first-order valence-corrected chi connectivity index (χ1v) is 11.0. The lowest BCUT2D eigenvalue weighted by Gasteiger charge is -1.98. The second kappa shape index (κ2) is 8.82. The molecule has 4 aromatic rings. The standard InChI is InChI=1S/C21H16ClN3O2S2/c1-13-16-12-15(22)9-10-17(16)27-18(13)19(26)23-20-24-25-21(29-20)28-11-5-8-14-6-3-2-4-7-14/h2-10,12H,11H2,1H3,(H,23,24,26)/b8-5+. The van der Waals surface area contributed by atoms with Crippen LogP contribution in [0.3, 0.4) is 0 Å². The number of benzene rings is 2. The number of aryl methyl sites for hydroxylation is 1. The highest BCUT2D eigenvalue weighted by atomic mass is 35.5.